The van der Waals surface area contributed by atoms with Crippen LogP contribution in [0.2, 0.25) is 0 Å². The monoisotopic (exact) mass is 353 g/mol. The van der Waals surface area contributed by atoms with Gasteiger partial charge in [-0.2, -0.15) is 0 Å². The number of fused-ring (bicyclic) bond motifs is 2. The zero-order valence-electron chi connectivity index (χ0n) is 15.3. The van der Waals surface area contributed by atoms with E-state index in [2.05, 4.69) is 24.0 Å². The molecule has 1 aromatic rings. The first-order valence-corrected chi connectivity index (χ1v) is 10.1. The molecule has 3 aliphatic heterocycles. The predicted molar refractivity (Wildman–Crippen MR) is 97.2 cm³/mol. The summed E-state index contributed by atoms with van der Waals surface area (Å²) in [6.07, 6.45) is 8.07. The van der Waals surface area contributed by atoms with Crippen LogP contribution >= 0.6 is 0 Å². The Kier molecular flexibility index (Phi) is 2.81. The Balaban J connectivity index is 1.61. The Bertz CT molecular complexity index is 796. The summed E-state index contributed by atoms with van der Waals surface area (Å²) < 4.78 is 6.56. The molecule has 0 radical (unpaired) electrons. The smallest absolute Gasteiger partial charge is 0.198 e. The van der Waals surface area contributed by atoms with E-state index in [4.69, 9.17) is 4.74 Å². The van der Waals surface area contributed by atoms with Gasteiger partial charge >= 0.3 is 0 Å². The first-order chi connectivity index (χ1) is 12.5. The largest absolute Gasteiger partial charge is 0.384 e. The van der Waals surface area contributed by atoms with Crippen LogP contribution in [0.25, 0.3) is 0 Å². The molecule has 4 nitrogen and oxygen atoms in total. The van der Waals surface area contributed by atoms with Crippen molar-refractivity contribution in [2.24, 2.45) is 17.3 Å². The first kappa shape index (κ1) is 15.8. The second-order valence-corrected chi connectivity index (χ2v) is 9.40. The lowest BCUT2D eigenvalue weighted by atomic mass is 9.55. The molecule has 3 bridgehead atoms. The van der Waals surface area contributed by atoms with E-state index < -0.39 is 16.8 Å². The Hall–Kier alpha value is -1.20. The van der Waals surface area contributed by atoms with E-state index in [-0.39, 0.29) is 23.5 Å². The van der Waals surface area contributed by atoms with Gasteiger partial charge in [-0.3, -0.25) is 4.90 Å². The third-order valence-electron chi connectivity index (χ3n) is 8.63. The van der Waals surface area contributed by atoms with Crippen molar-refractivity contribution >= 4 is 0 Å². The van der Waals surface area contributed by atoms with E-state index in [1.807, 2.05) is 30.3 Å². The van der Waals surface area contributed by atoms with Crippen LogP contribution in [-0.4, -0.2) is 45.4 Å². The van der Waals surface area contributed by atoms with Crippen molar-refractivity contribution < 1.29 is 14.9 Å². The van der Waals surface area contributed by atoms with Gasteiger partial charge in [0.05, 0.1) is 11.6 Å². The van der Waals surface area contributed by atoms with Gasteiger partial charge in [0.2, 0.25) is 0 Å². The summed E-state index contributed by atoms with van der Waals surface area (Å²) in [7, 11) is 0. The zero-order valence-corrected chi connectivity index (χ0v) is 15.3. The fourth-order valence-electron chi connectivity index (χ4n) is 7.69. The molecule has 0 aromatic heterocycles. The number of hydrogen-bond donors (Lipinski definition) is 2. The molecule has 2 N–H and O–H groups in total. The molecule has 0 amide bonds. The van der Waals surface area contributed by atoms with Crippen LogP contribution in [0.1, 0.15) is 38.2 Å². The molecule has 1 aromatic carbocycles. The van der Waals surface area contributed by atoms with Gasteiger partial charge in [0, 0.05) is 29.4 Å². The number of aliphatic hydroxyl groups is 2. The standard InChI is InChI=1S/C22H27NO3/c1-19-14-20-16-9-5-11-23(20)12-6-10-21(20,24)18(19)13-17(16)26-22(19,25)15-7-3-2-4-8-15/h2-4,6-8,10,16-18,24-25H,5,9,11-14H2,1H3. The number of ether oxygens (including phenoxy) is 1. The average Bonchev–Trinajstić information content (AvgIpc) is 2.73. The topological polar surface area (TPSA) is 52.9 Å². The van der Waals surface area contributed by atoms with Crippen LogP contribution in [-0.2, 0) is 10.5 Å². The number of nitrogens with zero attached hydrogens (tertiary/aromatic N) is 1. The Morgan fingerprint density at radius 2 is 2.00 bits per heavy atom. The third kappa shape index (κ3) is 1.44. The van der Waals surface area contributed by atoms with Gasteiger partial charge < -0.3 is 14.9 Å². The molecule has 7 atom stereocenters. The van der Waals surface area contributed by atoms with Crippen molar-refractivity contribution in [3.05, 3.63) is 48.0 Å². The van der Waals surface area contributed by atoms with Crippen molar-refractivity contribution in [1.29, 1.82) is 0 Å². The maximum absolute atomic E-state index is 12.1. The van der Waals surface area contributed by atoms with Crippen molar-refractivity contribution in [3.8, 4) is 0 Å². The zero-order chi connectivity index (χ0) is 17.8. The van der Waals surface area contributed by atoms with Crippen molar-refractivity contribution in [2.75, 3.05) is 13.1 Å². The van der Waals surface area contributed by atoms with Gasteiger partial charge in [0.15, 0.2) is 5.79 Å². The third-order valence-corrected chi connectivity index (χ3v) is 8.63. The van der Waals surface area contributed by atoms with Crippen LogP contribution in [0.5, 0.6) is 0 Å². The van der Waals surface area contributed by atoms with Crippen LogP contribution in [0, 0.1) is 17.3 Å². The minimum atomic E-state index is -1.35. The fraction of sp³-hybridized carbons (Fsp3) is 0.636. The van der Waals surface area contributed by atoms with Crippen LogP contribution in [0.15, 0.2) is 42.5 Å². The molecule has 1 spiro atoms. The van der Waals surface area contributed by atoms with E-state index in [0.717, 1.165) is 44.3 Å². The SMILES string of the molecule is CC12CC34C5CCCN3CC=CC4(O)C1CC5OC2(O)c1ccccc1. The van der Waals surface area contributed by atoms with E-state index >= 15 is 0 Å². The molecule has 2 saturated heterocycles. The lowest BCUT2D eigenvalue weighted by Crippen LogP contribution is -2.75. The number of benzene rings is 1. The van der Waals surface area contributed by atoms with Gasteiger partial charge in [-0.15, -0.1) is 0 Å². The average molecular weight is 353 g/mol. The molecule has 2 saturated carbocycles. The highest BCUT2D eigenvalue weighted by molar-refractivity contribution is 5.40. The summed E-state index contributed by atoms with van der Waals surface area (Å²) in [6, 6.07) is 9.83. The number of hydrogen-bond acceptors (Lipinski definition) is 4. The second-order valence-electron chi connectivity index (χ2n) is 9.40. The second kappa shape index (κ2) is 4.61. The molecule has 138 valence electrons. The van der Waals surface area contributed by atoms with Crippen molar-refractivity contribution in [2.45, 2.75) is 55.6 Å². The summed E-state index contributed by atoms with van der Waals surface area (Å²) in [5.41, 5.74) is -0.848. The quantitative estimate of drug-likeness (QED) is 0.762. The van der Waals surface area contributed by atoms with E-state index in [0.29, 0.717) is 0 Å². The molecule has 26 heavy (non-hydrogen) atoms. The molecule has 6 rings (SSSR count). The molecule has 2 aliphatic carbocycles. The summed E-state index contributed by atoms with van der Waals surface area (Å²) in [5.74, 6) is -1.06. The highest BCUT2D eigenvalue weighted by Gasteiger charge is 2.82. The normalized spacial score (nSPS) is 54.3. The maximum Gasteiger partial charge on any atom is 0.198 e. The highest BCUT2D eigenvalue weighted by Crippen LogP contribution is 2.75. The van der Waals surface area contributed by atoms with Gasteiger partial charge in [-0.1, -0.05) is 49.4 Å². The summed E-state index contributed by atoms with van der Waals surface area (Å²) >= 11 is 0. The summed E-state index contributed by atoms with van der Waals surface area (Å²) in [5, 5.41) is 24.0. The van der Waals surface area contributed by atoms with Gasteiger partial charge in [-0.25, -0.2) is 0 Å². The molecule has 4 fully saturated rings. The first-order valence-electron chi connectivity index (χ1n) is 10.1. The number of rotatable bonds is 1. The summed E-state index contributed by atoms with van der Waals surface area (Å²) in [6.45, 7) is 4.08. The molecule has 5 aliphatic rings. The maximum atomic E-state index is 12.1. The Morgan fingerprint density at radius 3 is 2.81 bits per heavy atom. The lowest BCUT2D eigenvalue weighted by molar-refractivity contribution is -0.359. The van der Waals surface area contributed by atoms with Crippen LogP contribution in [0.3, 0.4) is 0 Å². The fourth-order valence-corrected chi connectivity index (χ4v) is 7.69. The van der Waals surface area contributed by atoms with E-state index in [1.54, 1.807) is 0 Å². The van der Waals surface area contributed by atoms with Crippen LogP contribution in [0.4, 0.5) is 0 Å². The lowest BCUT2D eigenvalue weighted by Gasteiger charge is -2.64. The molecule has 3 heterocycles. The summed E-state index contributed by atoms with van der Waals surface area (Å²) in [4.78, 5) is 2.51. The minimum Gasteiger partial charge on any atom is -0.384 e. The van der Waals surface area contributed by atoms with Gasteiger partial charge in [0.25, 0.3) is 0 Å². The molecular formula is C22H27NO3. The van der Waals surface area contributed by atoms with E-state index in [1.165, 1.54) is 0 Å². The molecular weight excluding hydrogens is 326 g/mol. The Labute approximate surface area is 154 Å². The molecule has 4 heteroatoms. The predicted octanol–water partition coefficient (Wildman–Crippen LogP) is 2.41. The Morgan fingerprint density at radius 1 is 1.19 bits per heavy atom. The van der Waals surface area contributed by atoms with Crippen molar-refractivity contribution in [1.82, 2.24) is 4.90 Å². The molecule has 7 unspecified atom stereocenters. The van der Waals surface area contributed by atoms with Crippen molar-refractivity contribution in [3.63, 3.8) is 0 Å². The highest BCUT2D eigenvalue weighted by atomic mass is 16.6. The van der Waals surface area contributed by atoms with Crippen LogP contribution < -0.4 is 0 Å². The van der Waals surface area contributed by atoms with Gasteiger partial charge in [-0.05, 0) is 32.2 Å². The number of piperidine rings is 1. The van der Waals surface area contributed by atoms with Gasteiger partial charge in [0.1, 0.15) is 5.60 Å². The minimum absolute atomic E-state index is 0.00681. The van der Waals surface area contributed by atoms with E-state index in [9.17, 15) is 10.2 Å².